The number of hydrogen-bond donors (Lipinski definition) is 1. The van der Waals surface area contributed by atoms with Crippen LogP contribution in [0.5, 0.6) is 5.75 Å². The van der Waals surface area contributed by atoms with Gasteiger partial charge in [-0.25, -0.2) is 4.98 Å². The number of anilines is 1. The summed E-state index contributed by atoms with van der Waals surface area (Å²) in [6, 6.07) is 13.4. The molecule has 0 atom stereocenters. The van der Waals surface area contributed by atoms with Crippen LogP contribution in [0, 0.1) is 0 Å². The minimum Gasteiger partial charge on any atom is -0.493 e. The van der Waals surface area contributed by atoms with E-state index in [1.54, 1.807) is 25.2 Å². The summed E-state index contributed by atoms with van der Waals surface area (Å²) >= 11 is 6.00. The maximum atomic E-state index is 12.6. The lowest BCUT2D eigenvalue weighted by Crippen LogP contribution is -2.23. The molecule has 0 radical (unpaired) electrons. The smallest absolute Gasteiger partial charge is 0.262 e. The van der Waals surface area contributed by atoms with Crippen molar-refractivity contribution in [2.24, 2.45) is 7.05 Å². The van der Waals surface area contributed by atoms with Gasteiger partial charge in [0.25, 0.3) is 5.56 Å². The van der Waals surface area contributed by atoms with Crippen molar-refractivity contribution in [3.8, 4) is 5.75 Å². The first-order chi connectivity index (χ1) is 14.6. The Hall–Kier alpha value is -2.57. The third-order valence-electron chi connectivity index (χ3n) is 5.46. The summed E-state index contributed by atoms with van der Waals surface area (Å²) in [6.07, 6.45) is 3.37. The van der Waals surface area contributed by atoms with Crippen molar-refractivity contribution < 1.29 is 4.74 Å². The first-order valence-corrected chi connectivity index (χ1v) is 10.8. The largest absolute Gasteiger partial charge is 0.493 e. The molecule has 158 valence electrons. The first kappa shape index (κ1) is 20.7. The molecule has 4 rings (SSSR count). The molecule has 2 heterocycles. The van der Waals surface area contributed by atoms with Crippen molar-refractivity contribution in [2.75, 3.05) is 31.6 Å². The highest BCUT2D eigenvalue weighted by molar-refractivity contribution is 6.31. The lowest BCUT2D eigenvalue weighted by molar-refractivity contribution is 0.292. The molecule has 6 nitrogen and oxygen atoms in total. The van der Waals surface area contributed by atoms with Crippen molar-refractivity contribution in [1.29, 1.82) is 0 Å². The minimum atomic E-state index is -0.114. The van der Waals surface area contributed by atoms with Crippen LogP contribution < -0.4 is 15.6 Å². The molecule has 1 N–H and O–H groups in total. The fraction of sp³-hybridized carbons (Fsp3) is 0.391. The fourth-order valence-electron chi connectivity index (χ4n) is 3.81. The molecule has 3 aromatic rings. The molecule has 1 aliphatic heterocycles. The standard InChI is InChI=1S/C23H27ClN4O2/c1-27-22(29)19-15-18(24)9-10-20(19)26-23(27)25-11-6-14-30-21-8-3-2-7-17(21)16-28-12-4-5-13-28/h2-3,7-10,15H,4-6,11-14,16H2,1H3,(H,25,26). The minimum absolute atomic E-state index is 0.114. The number of nitrogens with one attached hydrogen (secondary N) is 1. The Bertz CT molecular complexity index is 1080. The van der Waals surface area contributed by atoms with Gasteiger partial charge < -0.3 is 10.1 Å². The third kappa shape index (κ3) is 4.77. The molecule has 30 heavy (non-hydrogen) atoms. The van der Waals surface area contributed by atoms with Gasteiger partial charge in [0.2, 0.25) is 5.95 Å². The molecular formula is C23H27ClN4O2. The van der Waals surface area contributed by atoms with Crippen LogP contribution in [0.25, 0.3) is 10.9 Å². The number of nitrogens with zero attached hydrogens (tertiary/aromatic N) is 3. The molecule has 0 amide bonds. The zero-order valence-corrected chi connectivity index (χ0v) is 18.0. The Balaban J connectivity index is 1.32. The normalized spacial score (nSPS) is 14.3. The number of halogens is 1. The van der Waals surface area contributed by atoms with E-state index in [4.69, 9.17) is 16.3 Å². The topological polar surface area (TPSA) is 59.4 Å². The van der Waals surface area contributed by atoms with Crippen molar-refractivity contribution in [3.05, 3.63) is 63.4 Å². The Morgan fingerprint density at radius 1 is 1.17 bits per heavy atom. The van der Waals surface area contributed by atoms with E-state index in [0.717, 1.165) is 18.7 Å². The maximum absolute atomic E-state index is 12.6. The number of likely N-dealkylation sites (tertiary alicyclic amines) is 1. The Morgan fingerprint density at radius 2 is 1.97 bits per heavy atom. The lowest BCUT2D eigenvalue weighted by Gasteiger charge is -2.18. The van der Waals surface area contributed by atoms with E-state index in [1.807, 2.05) is 12.1 Å². The van der Waals surface area contributed by atoms with Crippen LogP contribution in [0.15, 0.2) is 47.3 Å². The molecule has 0 bridgehead atoms. The highest BCUT2D eigenvalue weighted by Gasteiger charge is 2.14. The van der Waals surface area contributed by atoms with Crippen molar-refractivity contribution in [3.63, 3.8) is 0 Å². The first-order valence-electron chi connectivity index (χ1n) is 10.4. The maximum Gasteiger partial charge on any atom is 0.262 e. The molecule has 1 aliphatic rings. The van der Waals surface area contributed by atoms with Gasteiger partial charge in [0, 0.05) is 30.7 Å². The average Bonchev–Trinajstić information content (AvgIpc) is 3.26. The van der Waals surface area contributed by atoms with Gasteiger partial charge in [0.05, 0.1) is 17.5 Å². The predicted octanol–water partition coefficient (Wildman–Crippen LogP) is 4.06. The zero-order chi connectivity index (χ0) is 20.9. The molecule has 1 fully saturated rings. The summed E-state index contributed by atoms with van der Waals surface area (Å²) in [6.45, 7) is 4.54. The Kier molecular flexibility index (Phi) is 6.55. The van der Waals surface area contributed by atoms with Crippen molar-refractivity contribution >= 4 is 28.5 Å². The van der Waals surface area contributed by atoms with E-state index in [2.05, 4.69) is 27.3 Å². The number of hydrogen-bond acceptors (Lipinski definition) is 5. The van der Waals surface area contributed by atoms with Gasteiger partial charge >= 0.3 is 0 Å². The number of benzene rings is 2. The van der Waals surface area contributed by atoms with Crippen LogP contribution in [0.4, 0.5) is 5.95 Å². The molecule has 1 aromatic heterocycles. The van der Waals surface area contributed by atoms with Crippen LogP contribution >= 0.6 is 11.6 Å². The van der Waals surface area contributed by atoms with E-state index in [-0.39, 0.29) is 5.56 Å². The summed E-state index contributed by atoms with van der Waals surface area (Å²) in [5.74, 6) is 1.50. The van der Waals surface area contributed by atoms with E-state index in [0.29, 0.717) is 35.0 Å². The predicted molar refractivity (Wildman–Crippen MR) is 122 cm³/mol. The number of fused-ring (bicyclic) bond motifs is 1. The Labute approximate surface area is 181 Å². The zero-order valence-electron chi connectivity index (χ0n) is 17.2. The Morgan fingerprint density at radius 3 is 2.80 bits per heavy atom. The van der Waals surface area contributed by atoms with Gasteiger partial charge in [-0.15, -0.1) is 0 Å². The van der Waals surface area contributed by atoms with Crippen molar-refractivity contribution in [2.45, 2.75) is 25.8 Å². The van der Waals surface area contributed by atoms with E-state index in [1.165, 1.54) is 36.1 Å². The highest BCUT2D eigenvalue weighted by Crippen LogP contribution is 2.22. The number of aromatic nitrogens is 2. The van der Waals surface area contributed by atoms with E-state index >= 15 is 0 Å². The van der Waals surface area contributed by atoms with Crippen LogP contribution in [-0.4, -0.2) is 40.7 Å². The summed E-state index contributed by atoms with van der Waals surface area (Å²) in [4.78, 5) is 19.6. The number of para-hydroxylation sites is 1. The summed E-state index contributed by atoms with van der Waals surface area (Å²) in [7, 11) is 1.71. The number of ether oxygens (including phenoxy) is 1. The molecule has 2 aromatic carbocycles. The van der Waals surface area contributed by atoms with E-state index in [9.17, 15) is 4.79 Å². The molecule has 0 aliphatic carbocycles. The second-order valence-electron chi connectivity index (χ2n) is 7.68. The van der Waals surface area contributed by atoms with Crippen LogP contribution in [0.1, 0.15) is 24.8 Å². The van der Waals surface area contributed by atoms with Crippen LogP contribution in [-0.2, 0) is 13.6 Å². The molecule has 0 unspecified atom stereocenters. The molecule has 7 heteroatoms. The molecule has 1 saturated heterocycles. The highest BCUT2D eigenvalue weighted by atomic mass is 35.5. The lowest BCUT2D eigenvalue weighted by atomic mass is 10.2. The number of rotatable bonds is 8. The van der Waals surface area contributed by atoms with Crippen LogP contribution in [0.3, 0.4) is 0 Å². The fourth-order valence-corrected chi connectivity index (χ4v) is 3.98. The molecule has 0 saturated carbocycles. The van der Waals surface area contributed by atoms with Crippen molar-refractivity contribution in [1.82, 2.24) is 14.5 Å². The van der Waals surface area contributed by atoms with Gasteiger partial charge in [-0.2, -0.15) is 0 Å². The summed E-state index contributed by atoms with van der Waals surface area (Å²) < 4.78 is 7.57. The summed E-state index contributed by atoms with van der Waals surface area (Å²) in [5.41, 5.74) is 1.76. The molecule has 0 spiro atoms. The SMILES string of the molecule is Cn1c(NCCCOc2ccccc2CN2CCCC2)nc2ccc(Cl)cc2c1=O. The second-order valence-corrected chi connectivity index (χ2v) is 8.12. The second kappa shape index (κ2) is 9.49. The van der Waals surface area contributed by atoms with Gasteiger partial charge in [-0.3, -0.25) is 14.3 Å². The van der Waals surface area contributed by atoms with Crippen LogP contribution in [0.2, 0.25) is 5.02 Å². The average molecular weight is 427 g/mol. The quantitative estimate of drug-likeness (QED) is 0.550. The third-order valence-corrected chi connectivity index (χ3v) is 5.70. The summed E-state index contributed by atoms with van der Waals surface area (Å²) in [5, 5.41) is 4.30. The van der Waals surface area contributed by atoms with Gasteiger partial charge in [0.15, 0.2) is 0 Å². The van der Waals surface area contributed by atoms with E-state index < -0.39 is 0 Å². The van der Waals surface area contributed by atoms with Gasteiger partial charge in [0.1, 0.15) is 5.75 Å². The van der Waals surface area contributed by atoms with Gasteiger partial charge in [-0.1, -0.05) is 29.8 Å². The monoisotopic (exact) mass is 426 g/mol. The van der Waals surface area contributed by atoms with Gasteiger partial charge in [-0.05, 0) is 56.6 Å². The molecular weight excluding hydrogens is 400 g/mol.